The maximum absolute atomic E-state index is 13.8. The van der Waals surface area contributed by atoms with Crippen LogP contribution in [0.2, 0.25) is 0 Å². The third-order valence-electron chi connectivity index (χ3n) is 2.48. The summed E-state index contributed by atoms with van der Waals surface area (Å²) >= 11 is 3.06. The van der Waals surface area contributed by atoms with Crippen molar-refractivity contribution in [1.82, 2.24) is 4.98 Å². The number of amides is 1. The summed E-state index contributed by atoms with van der Waals surface area (Å²) in [4.78, 5) is 17.5. The van der Waals surface area contributed by atoms with Gasteiger partial charge in [0.2, 0.25) is 0 Å². The SMILES string of the molecule is CN(C(=O)c1cccc(Br)c1F)c1ccccn1. The molecule has 18 heavy (non-hydrogen) atoms. The van der Waals surface area contributed by atoms with Crippen LogP contribution in [0.4, 0.5) is 10.2 Å². The molecule has 0 fully saturated rings. The summed E-state index contributed by atoms with van der Waals surface area (Å²) in [6.45, 7) is 0. The quantitative estimate of drug-likeness (QED) is 0.853. The van der Waals surface area contributed by atoms with E-state index in [2.05, 4.69) is 20.9 Å². The topological polar surface area (TPSA) is 33.2 Å². The molecule has 0 saturated heterocycles. The van der Waals surface area contributed by atoms with Crippen molar-refractivity contribution in [3.63, 3.8) is 0 Å². The number of nitrogens with zero attached hydrogens (tertiary/aromatic N) is 2. The lowest BCUT2D eigenvalue weighted by Crippen LogP contribution is -2.27. The lowest BCUT2D eigenvalue weighted by Gasteiger charge is -2.16. The molecule has 2 rings (SSSR count). The minimum Gasteiger partial charge on any atom is -0.296 e. The van der Waals surface area contributed by atoms with Crippen molar-refractivity contribution < 1.29 is 9.18 Å². The number of rotatable bonds is 2. The van der Waals surface area contributed by atoms with E-state index in [0.717, 1.165) is 0 Å². The first kappa shape index (κ1) is 12.7. The van der Waals surface area contributed by atoms with Gasteiger partial charge in [0.15, 0.2) is 0 Å². The number of benzene rings is 1. The van der Waals surface area contributed by atoms with Crippen molar-refractivity contribution >= 4 is 27.7 Å². The highest BCUT2D eigenvalue weighted by molar-refractivity contribution is 9.10. The summed E-state index contributed by atoms with van der Waals surface area (Å²) < 4.78 is 14.1. The monoisotopic (exact) mass is 308 g/mol. The first-order chi connectivity index (χ1) is 8.61. The van der Waals surface area contributed by atoms with Gasteiger partial charge in [-0.25, -0.2) is 9.37 Å². The number of pyridine rings is 1. The number of aromatic nitrogens is 1. The fourth-order valence-electron chi connectivity index (χ4n) is 1.51. The van der Waals surface area contributed by atoms with Gasteiger partial charge in [-0.1, -0.05) is 12.1 Å². The molecule has 1 aromatic carbocycles. The van der Waals surface area contributed by atoms with E-state index in [1.807, 2.05) is 0 Å². The molecule has 0 aliphatic carbocycles. The molecule has 3 nitrogen and oxygen atoms in total. The number of hydrogen-bond acceptors (Lipinski definition) is 2. The standard InChI is InChI=1S/C13H10BrFN2O/c1-17(11-7-2-3-8-16-11)13(18)9-5-4-6-10(14)12(9)15/h2-8H,1H3. The van der Waals surface area contributed by atoms with Crippen molar-refractivity contribution in [3.8, 4) is 0 Å². The second-order valence-corrected chi connectivity index (χ2v) is 4.51. The van der Waals surface area contributed by atoms with Crippen LogP contribution in [0.15, 0.2) is 47.1 Å². The maximum Gasteiger partial charge on any atom is 0.262 e. The van der Waals surface area contributed by atoms with E-state index in [1.54, 1.807) is 43.6 Å². The second kappa shape index (κ2) is 5.27. The zero-order valence-electron chi connectivity index (χ0n) is 9.60. The van der Waals surface area contributed by atoms with Gasteiger partial charge in [0.1, 0.15) is 11.6 Å². The Morgan fingerprint density at radius 2 is 2.06 bits per heavy atom. The van der Waals surface area contributed by atoms with Crippen molar-refractivity contribution in [2.24, 2.45) is 0 Å². The van der Waals surface area contributed by atoms with Gasteiger partial charge in [0, 0.05) is 13.2 Å². The molecule has 0 radical (unpaired) electrons. The first-order valence-corrected chi connectivity index (χ1v) is 6.03. The molecule has 0 unspecified atom stereocenters. The van der Waals surface area contributed by atoms with Crippen LogP contribution in [0.3, 0.4) is 0 Å². The van der Waals surface area contributed by atoms with Crippen LogP contribution < -0.4 is 4.90 Å². The first-order valence-electron chi connectivity index (χ1n) is 5.24. The Balaban J connectivity index is 2.35. The highest BCUT2D eigenvalue weighted by Gasteiger charge is 2.19. The van der Waals surface area contributed by atoms with Crippen molar-refractivity contribution in [2.75, 3.05) is 11.9 Å². The predicted molar refractivity (Wildman–Crippen MR) is 71.1 cm³/mol. The summed E-state index contributed by atoms with van der Waals surface area (Å²) in [6, 6.07) is 9.82. The van der Waals surface area contributed by atoms with Crippen molar-refractivity contribution in [1.29, 1.82) is 0 Å². The summed E-state index contributed by atoms with van der Waals surface area (Å²) in [7, 11) is 1.56. The van der Waals surface area contributed by atoms with E-state index in [0.29, 0.717) is 5.82 Å². The van der Waals surface area contributed by atoms with Crippen LogP contribution in [0.5, 0.6) is 0 Å². The Bertz CT molecular complexity index is 574. The molecular weight excluding hydrogens is 299 g/mol. The molecule has 0 saturated carbocycles. The molecule has 0 atom stereocenters. The Kier molecular flexibility index (Phi) is 3.72. The van der Waals surface area contributed by atoms with Gasteiger partial charge in [-0.05, 0) is 40.2 Å². The van der Waals surface area contributed by atoms with E-state index in [-0.39, 0.29) is 10.0 Å². The van der Waals surface area contributed by atoms with Crippen LogP contribution >= 0.6 is 15.9 Å². The number of carbonyl (C=O) groups excluding carboxylic acids is 1. The Hall–Kier alpha value is -1.75. The smallest absolute Gasteiger partial charge is 0.262 e. The van der Waals surface area contributed by atoms with Crippen LogP contribution in [0.25, 0.3) is 0 Å². The summed E-state index contributed by atoms with van der Waals surface area (Å²) in [6.07, 6.45) is 1.58. The van der Waals surface area contributed by atoms with E-state index < -0.39 is 11.7 Å². The van der Waals surface area contributed by atoms with Crippen LogP contribution in [-0.2, 0) is 0 Å². The third-order valence-corrected chi connectivity index (χ3v) is 3.09. The van der Waals surface area contributed by atoms with Gasteiger partial charge in [-0.15, -0.1) is 0 Å². The molecule has 0 spiro atoms. The maximum atomic E-state index is 13.8. The molecule has 1 amide bonds. The molecule has 92 valence electrons. The van der Waals surface area contributed by atoms with Crippen LogP contribution in [-0.4, -0.2) is 17.9 Å². The van der Waals surface area contributed by atoms with Crippen molar-refractivity contribution in [3.05, 3.63) is 58.4 Å². The highest BCUT2D eigenvalue weighted by Crippen LogP contribution is 2.21. The zero-order chi connectivity index (χ0) is 13.1. The van der Waals surface area contributed by atoms with Gasteiger partial charge in [0.05, 0.1) is 10.0 Å². The molecule has 2 aromatic rings. The average Bonchev–Trinajstić information content (AvgIpc) is 2.41. The molecule has 0 aliphatic rings. The lowest BCUT2D eigenvalue weighted by molar-refractivity contribution is 0.0988. The predicted octanol–water partition coefficient (Wildman–Crippen LogP) is 3.26. The van der Waals surface area contributed by atoms with Crippen molar-refractivity contribution in [2.45, 2.75) is 0 Å². The van der Waals surface area contributed by atoms with Gasteiger partial charge in [-0.3, -0.25) is 9.69 Å². The fraction of sp³-hybridized carbons (Fsp3) is 0.0769. The average molecular weight is 309 g/mol. The minimum atomic E-state index is -0.565. The van der Waals surface area contributed by atoms with Crippen LogP contribution in [0, 0.1) is 5.82 Å². The molecule has 5 heteroatoms. The molecule has 1 heterocycles. The van der Waals surface area contributed by atoms with Gasteiger partial charge in [0.25, 0.3) is 5.91 Å². The van der Waals surface area contributed by atoms with E-state index in [9.17, 15) is 9.18 Å². The van der Waals surface area contributed by atoms with E-state index in [4.69, 9.17) is 0 Å². The molecule has 0 bridgehead atoms. The normalized spacial score (nSPS) is 10.2. The summed E-state index contributed by atoms with van der Waals surface area (Å²) in [5.74, 6) is -0.528. The van der Waals surface area contributed by atoms with Crippen LogP contribution in [0.1, 0.15) is 10.4 Å². The molecular formula is C13H10BrFN2O. The number of carbonyl (C=O) groups is 1. The number of hydrogen-bond donors (Lipinski definition) is 0. The minimum absolute atomic E-state index is 0.0116. The van der Waals surface area contributed by atoms with Gasteiger partial charge < -0.3 is 0 Å². The summed E-state index contributed by atoms with van der Waals surface area (Å²) in [5, 5.41) is 0. The molecule has 0 N–H and O–H groups in total. The number of halogens is 2. The van der Waals surface area contributed by atoms with Gasteiger partial charge >= 0.3 is 0 Å². The Labute approximate surface area is 112 Å². The third kappa shape index (κ3) is 2.41. The Morgan fingerprint density at radius 1 is 1.28 bits per heavy atom. The molecule has 1 aromatic heterocycles. The second-order valence-electron chi connectivity index (χ2n) is 3.65. The lowest BCUT2D eigenvalue weighted by atomic mass is 10.2. The largest absolute Gasteiger partial charge is 0.296 e. The summed E-state index contributed by atoms with van der Waals surface area (Å²) in [5.41, 5.74) is 0.0116. The molecule has 0 aliphatic heterocycles. The highest BCUT2D eigenvalue weighted by atomic mass is 79.9. The zero-order valence-corrected chi connectivity index (χ0v) is 11.2. The van der Waals surface area contributed by atoms with Gasteiger partial charge in [-0.2, -0.15) is 0 Å². The fourth-order valence-corrected chi connectivity index (χ4v) is 1.87. The van der Waals surface area contributed by atoms with E-state index >= 15 is 0 Å². The van der Waals surface area contributed by atoms with E-state index in [1.165, 1.54) is 11.0 Å². The Morgan fingerprint density at radius 3 is 2.72 bits per heavy atom. The number of anilines is 1.